The highest BCUT2D eigenvalue weighted by molar-refractivity contribution is 5.93. The number of carbonyl (C=O) groups is 1. The Kier molecular flexibility index (Phi) is 2.82. The summed E-state index contributed by atoms with van der Waals surface area (Å²) in [5.74, 6) is 0.389. The first-order valence-electron chi connectivity index (χ1n) is 5.36. The Balaban J connectivity index is 2.06. The molecule has 0 aromatic carbocycles. The van der Waals surface area contributed by atoms with Crippen molar-refractivity contribution in [2.75, 3.05) is 18.8 Å². The molecule has 1 aliphatic heterocycles. The molecule has 0 aliphatic carbocycles. The quantitative estimate of drug-likeness (QED) is 0.617. The van der Waals surface area contributed by atoms with E-state index in [-0.39, 0.29) is 11.8 Å². The lowest BCUT2D eigenvalue weighted by Gasteiger charge is -2.33. The Bertz CT molecular complexity index is 390. The second kappa shape index (κ2) is 4.13. The number of hydrogen-bond donors (Lipinski definition) is 3. The summed E-state index contributed by atoms with van der Waals surface area (Å²) in [6.45, 7) is 3.02. The van der Waals surface area contributed by atoms with Crippen LogP contribution in [0.3, 0.4) is 0 Å². The molecule has 1 aromatic heterocycles. The van der Waals surface area contributed by atoms with E-state index in [0.29, 0.717) is 24.6 Å². The SMILES string of the molecule is CC1CCN(C(=O)c2cc(N)n[nH]2)CC1O. The predicted molar refractivity (Wildman–Crippen MR) is 58.7 cm³/mol. The summed E-state index contributed by atoms with van der Waals surface area (Å²) in [6, 6.07) is 1.51. The Morgan fingerprint density at radius 1 is 1.75 bits per heavy atom. The van der Waals surface area contributed by atoms with Crippen LogP contribution in [0.25, 0.3) is 0 Å². The van der Waals surface area contributed by atoms with Crippen molar-refractivity contribution in [2.24, 2.45) is 5.92 Å². The molecule has 0 bridgehead atoms. The lowest BCUT2D eigenvalue weighted by molar-refractivity contribution is 0.0245. The number of nitrogens with zero attached hydrogens (tertiary/aromatic N) is 2. The first-order valence-corrected chi connectivity index (χ1v) is 5.36. The number of aromatic amines is 1. The van der Waals surface area contributed by atoms with Gasteiger partial charge in [0.2, 0.25) is 0 Å². The molecule has 4 N–H and O–H groups in total. The number of aliphatic hydroxyl groups is 1. The number of carbonyl (C=O) groups excluding carboxylic acids is 1. The number of anilines is 1. The van der Waals surface area contributed by atoms with Gasteiger partial charge in [0, 0.05) is 19.2 Å². The van der Waals surface area contributed by atoms with Gasteiger partial charge in [-0.05, 0) is 12.3 Å². The van der Waals surface area contributed by atoms with Gasteiger partial charge in [-0.15, -0.1) is 0 Å². The van der Waals surface area contributed by atoms with Gasteiger partial charge < -0.3 is 15.7 Å². The fraction of sp³-hybridized carbons (Fsp3) is 0.600. The van der Waals surface area contributed by atoms with Crippen LogP contribution < -0.4 is 5.73 Å². The van der Waals surface area contributed by atoms with Crippen LogP contribution in [-0.4, -0.2) is 45.3 Å². The summed E-state index contributed by atoms with van der Waals surface area (Å²) in [4.78, 5) is 13.6. The van der Waals surface area contributed by atoms with Gasteiger partial charge in [0.1, 0.15) is 11.5 Å². The number of aliphatic hydroxyl groups excluding tert-OH is 1. The zero-order valence-electron chi connectivity index (χ0n) is 9.18. The third-order valence-corrected chi connectivity index (χ3v) is 3.03. The maximum atomic E-state index is 12.0. The maximum absolute atomic E-state index is 12.0. The van der Waals surface area contributed by atoms with Crippen molar-refractivity contribution in [2.45, 2.75) is 19.4 Å². The van der Waals surface area contributed by atoms with Crippen LogP contribution in [0, 0.1) is 5.92 Å². The average molecular weight is 224 g/mol. The second-order valence-corrected chi connectivity index (χ2v) is 4.29. The van der Waals surface area contributed by atoms with Crippen LogP contribution in [0.2, 0.25) is 0 Å². The van der Waals surface area contributed by atoms with Crippen molar-refractivity contribution in [1.29, 1.82) is 0 Å². The Hall–Kier alpha value is -1.56. The average Bonchev–Trinajstić information content (AvgIpc) is 2.68. The minimum absolute atomic E-state index is 0.157. The van der Waals surface area contributed by atoms with E-state index < -0.39 is 6.10 Å². The van der Waals surface area contributed by atoms with Gasteiger partial charge in [0.05, 0.1) is 6.10 Å². The summed E-state index contributed by atoms with van der Waals surface area (Å²) in [5, 5.41) is 16.0. The number of piperidine rings is 1. The molecule has 0 saturated carbocycles. The smallest absolute Gasteiger partial charge is 0.272 e. The highest BCUT2D eigenvalue weighted by Gasteiger charge is 2.28. The third kappa shape index (κ3) is 2.01. The molecule has 1 aliphatic rings. The van der Waals surface area contributed by atoms with Gasteiger partial charge in [-0.3, -0.25) is 9.89 Å². The van der Waals surface area contributed by atoms with Gasteiger partial charge in [-0.2, -0.15) is 5.10 Å². The zero-order chi connectivity index (χ0) is 11.7. The number of amides is 1. The lowest BCUT2D eigenvalue weighted by Crippen LogP contribution is -2.45. The number of H-pyrrole nitrogens is 1. The van der Waals surface area contributed by atoms with Crippen LogP contribution in [-0.2, 0) is 0 Å². The summed E-state index contributed by atoms with van der Waals surface area (Å²) < 4.78 is 0. The number of nitrogen functional groups attached to an aromatic ring is 1. The molecular formula is C10H16N4O2. The molecule has 2 atom stereocenters. The third-order valence-electron chi connectivity index (χ3n) is 3.03. The largest absolute Gasteiger partial charge is 0.391 e. The van der Waals surface area contributed by atoms with Crippen molar-refractivity contribution in [1.82, 2.24) is 15.1 Å². The van der Waals surface area contributed by atoms with E-state index in [0.717, 1.165) is 6.42 Å². The Labute approximate surface area is 93.4 Å². The van der Waals surface area contributed by atoms with Crippen LogP contribution in [0.4, 0.5) is 5.82 Å². The Morgan fingerprint density at radius 3 is 3.06 bits per heavy atom. The molecule has 1 amide bonds. The summed E-state index contributed by atoms with van der Waals surface area (Å²) in [5.41, 5.74) is 5.81. The van der Waals surface area contributed by atoms with Crippen molar-refractivity contribution in [3.8, 4) is 0 Å². The molecule has 1 fully saturated rings. The fourth-order valence-corrected chi connectivity index (χ4v) is 1.85. The normalized spacial score (nSPS) is 25.8. The molecule has 0 radical (unpaired) electrons. The van der Waals surface area contributed by atoms with E-state index in [2.05, 4.69) is 10.2 Å². The van der Waals surface area contributed by atoms with Gasteiger partial charge >= 0.3 is 0 Å². The zero-order valence-corrected chi connectivity index (χ0v) is 9.18. The number of aromatic nitrogens is 2. The standard InChI is InChI=1S/C10H16N4O2/c1-6-2-3-14(5-8(6)15)10(16)7-4-9(11)13-12-7/h4,6,8,15H,2-3,5H2,1H3,(H3,11,12,13). The molecule has 88 valence electrons. The minimum atomic E-state index is -0.446. The molecule has 1 aromatic rings. The molecule has 0 spiro atoms. The van der Waals surface area contributed by atoms with E-state index in [1.54, 1.807) is 4.90 Å². The Morgan fingerprint density at radius 2 is 2.50 bits per heavy atom. The van der Waals surface area contributed by atoms with E-state index in [4.69, 9.17) is 5.73 Å². The number of likely N-dealkylation sites (tertiary alicyclic amines) is 1. The van der Waals surface area contributed by atoms with E-state index >= 15 is 0 Å². The number of rotatable bonds is 1. The first-order chi connectivity index (χ1) is 7.58. The summed E-state index contributed by atoms with van der Waals surface area (Å²) in [6.07, 6.45) is 0.370. The number of nitrogens with one attached hydrogen (secondary N) is 1. The predicted octanol–water partition coefficient (Wildman–Crippen LogP) is -0.165. The van der Waals surface area contributed by atoms with E-state index in [1.165, 1.54) is 6.07 Å². The molecule has 1 saturated heterocycles. The van der Waals surface area contributed by atoms with E-state index in [1.807, 2.05) is 6.92 Å². The number of β-amino-alcohol motifs (C(OH)–C–C–N with tert-alkyl or cyclic N) is 1. The minimum Gasteiger partial charge on any atom is -0.391 e. The van der Waals surface area contributed by atoms with Gasteiger partial charge in [-0.1, -0.05) is 6.92 Å². The van der Waals surface area contributed by atoms with Crippen LogP contribution in [0.5, 0.6) is 0 Å². The molecule has 2 heterocycles. The van der Waals surface area contributed by atoms with Crippen molar-refractivity contribution in [3.05, 3.63) is 11.8 Å². The molecule has 2 unspecified atom stereocenters. The van der Waals surface area contributed by atoms with Crippen LogP contribution in [0.15, 0.2) is 6.07 Å². The highest BCUT2D eigenvalue weighted by Crippen LogP contribution is 2.18. The van der Waals surface area contributed by atoms with Crippen LogP contribution >= 0.6 is 0 Å². The topological polar surface area (TPSA) is 95.2 Å². The second-order valence-electron chi connectivity index (χ2n) is 4.29. The molecular weight excluding hydrogens is 208 g/mol. The van der Waals surface area contributed by atoms with Crippen molar-refractivity contribution in [3.63, 3.8) is 0 Å². The fourth-order valence-electron chi connectivity index (χ4n) is 1.85. The molecule has 2 rings (SSSR count). The summed E-state index contributed by atoms with van der Waals surface area (Å²) >= 11 is 0. The highest BCUT2D eigenvalue weighted by atomic mass is 16.3. The monoisotopic (exact) mass is 224 g/mol. The van der Waals surface area contributed by atoms with E-state index in [9.17, 15) is 9.90 Å². The van der Waals surface area contributed by atoms with Crippen molar-refractivity contribution >= 4 is 11.7 Å². The van der Waals surface area contributed by atoms with Crippen molar-refractivity contribution < 1.29 is 9.90 Å². The molecule has 16 heavy (non-hydrogen) atoms. The molecule has 6 nitrogen and oxygen atoms in total. The lowest BCUT2D eigenvalue weighted by atomic mass is 9.96. The first kappa shape index (κ1) is 10.9. The number of hydrogen-bond acceptors (Lipinski definition) is 4. The van der Waals surface area contributed by atoms with Crippen LogP contribution in [0.1, 0.15) is 23.8 Å². The van der Waals surface area contributed by atoms with Gasteiger partial charge in [0.25, 0.3) is 5.91 Å². The molecule has 6 heteroatoms. The number of nitrogens with two attached hydrogens (primary N) is 1. The van der Waals surface area contributed by atoms with Gasteiger partial charge in [-0.25, -0.2) is 0 Å². The van der Waals surface area contributed by atoms with Gasteiger partial charge in [0.15, 0.2) is 0 Å². The summed E-state index contributed by atoms with van der Waals surface area (Å²) in [7, 11) is 0. The maximum Gasteiger partial charge on any atom is 0.272 e.